The molecule has 2 aromatic carbocycles. The molecule has 1 N–H and O–H groups in total. The number of esters is 2. The van der Waals surface area contributed by atoms with E-state index in [1.54, 1.807) is 18.2 Å². The summed E-state index contributed by atoms with van der Waals surface area (Å²) >= 11 is 4.75. The number of carbonyl (C=O) groups is 3. The Kier molecular flexibility index (Phi) is 11.5. The molecule has 214 valence electrons. The Morgan fingerprint density at radius 2 is 1.85 bits per heavy atom. The molecule has 0 saturated heterocycles. The van der Waals surface area contributed by atoms with E-state index < -0.39 is 42.5 Å². The van der Waals surface area contributed by atoms with Gasteiger partial charge in [0.1, 0.15) is 12.6 Å². The van der Waals surface area contributed by atoms with Crippen LogP contribution in [0.15, 0.2) is 91.7 Å². The van der Waals surface area contributed by atoms with Crippen LogP contribution in [-0.2, 0) is 25.5 Å². The number of ether oxygens (including phenoxy) is 4. The Labute approximate surface area is 244 Å². The summed E-state index contributed by atoms with van der Waals surface area (Å²) in [4.78, 5) is 41.1. The van der Waals surface area contributed by atoms with Crippen molar-refractivity contribution in [3.05, 3.63) is 103 Å². The van der Waals surface area contributed by atoms with Gasteiger partial charge in [0.2, 0.25) is 6.79 Å². The molecule has 10 heteroatoms. The highest BCUT2D eigenvalue weighted by atomic mass is 32.1. The molecule has 9 nitrogen and oxygen atoms in total. The standard InChI is InChI=1S/C31H32N2O7S/c1-5-10-21(6-2)30(41)26(17-23-13-9-12-22-11-7-8-14-24(22)23)40-27(35)18-33-31(36)28-29(39-19-38-20(3)34)25(37-4)15-16-32-28/h5-16,26,30,41H,1-2,17-19H2,3-4H3,(H,33,36)/b21-10+. The number of hydrogen-bond donors (Lipinski definition) is 2. The van der Waals surface area contributed by atoms with E-state index in [4.69, 9.17) is 31.6 Å². The number of allylic oxidation sites excluding steroid dienone is 3. The van der Waals surface area contributed by atoms with Gasteiger partial charge < -0.3 is 24.3 Å². The molecular weight excluding hydrogens is 544 g/mol. The van der Waals surface area contributed by atoms with Gasteiger partial charge in [0.25, 0.3) is 5.91 Å². The van der Waals surface area contributed by atoms with Crippen molar-refractivity contribution in [2.75, 3.05) is 20.4 Å². The third-order valence-electron chi connectivity index (χ3n) is 5.99. The smallest absolute Gasteiger partial charge is 0.325 e. The molecule has 0 fully saturated rings. The van der Waals surface area contributed by atoms with Crippen molar-refractivity contribution in [1.82, 2.24) is 10.3 Å². The maximum Gasteiger partial charge on any atom is 0.325 e. The topological polar surface area (TPSA) is 113 Å². The second-order valence-electron chi connectivity index (χ2n) is 8.69. The van der Waals surface area contributed by atoms with Gasteiger partial charge in [0, 0.05) is 25.6 Å². The van der Waals surface area contributed by atoms with Crippen molar-refractivity contribution >= 4 is 41.2 Å². The summed E-state index contributed by atoms with van der Waals surface area (Å²) in [6, 6.07) is 15.3. The van der Waals surface area contributed by atoms with Gasteiger partial charge in [0.15, 0.2) is 17.2 Å². The number of nitrogens with zero attached hydrogens (tertiary/aromatic N) is 1. The van der Waals surface area contributed by atoms with Crippen molar-refractivity contribution in [3.63, 3.8) is 0 Å². The van der Waals surface area contributed by atoms with E-state index in [1.807, 2.05) is 42.5 Å². The van der Waals surface area contributed by atoms with E-state index in [2.05, 4.69) is 23.5 Å². The maximum absolute atomic E-state index is 13.0. The fourth-order valence-corrected chi connectivity index (χ4v) is 4.41. The number of hydrogen-bond acceptors (Lipinski definition) is 9. The van der Waals surface area contributed by atoms with Gasteiger partial charge >= 0.3 is 11.9 Å². The van der Waals surface area contributed by atoms with Crippen LogP contribution < -0.4 is 14.8 Å². The average Bonchev–Trinajstić information content (AvgIpc) is 2.98. The van der Waals surface area contributed by atoms with Gasteiger partial charge in [-0.25, -0.2) is 4.98 Å². The predicted molar refractivity (Wildman–Crippen MR) is 159 cm³/mol. The number of nitrogens with one attached hydrogen (secondary N) is 1. The molecule has 1 amide bonds. The van der Waals surface area contributed by atoms with Gasteiger partial charge in [-0.15, -0.1) is 0 Å². The number of amides is 1. The van der Waals surface area contributed by atoms with Gasteiger partial charge in [0.05, 0.1) is 12.4 Å². The number of thiol groups is 1. The van der Waals surface area contributed by atoms with Gasteiger partial charge in [-0.05, 0) is 21.9 Å². The first-order chi connectivity index (χ1) is 19.8. The minimum atomic E-state index is -0.718. The lowest BCUT2D eigenvalue weighted by atomic mass is 9.96. The number of rotatable bonds is 14. The van der Waals surface area contributed by atoms with E-state index in [0.717, 1.165) is 21.9 Å². The first kappa shape index (κ1) is 31.0. The molecule has 0 aliphatic rings. The number of pyridine rings is 1. The largest absolute Gasteiger partial charge is 0.493 e. The van der Waals surface area contributed by atoms with Crippen molar-refractivity contribution in [2.24, 2.45) is 0 Å². The summed E-state index contributed by atoms with van der Waals surface area (Å²) in [6.07, 6.45) is 6.01. The van der Waals surface area contributed by atoms with Crippen LogP contribution in [0.25, 0.3) is 10.8 Å². The molecule has 3 aromatic rings. The number of carbonyl (C=O) groups excluding carboxylic acids is 3. The maximum atomic E-state index is 13.0. The highest BCUT2D eigenvalue weighted by Gasteiger charge is 2.26. The predicted octanol–water partition coefficient (Wildman–Crippen LogP) is 4.62. The summed E-state index contributed by atoms with van der Waals surface area (Å²) in [7, 11) is 1.38. The van der Waals surface area contributed by atoms with Crippen LogP contribution in [0.2, 0.25) is 0 Å². The molecular formula is C31H32N2O7S. The average molecular weight is 577 g/mol. The van der Waals surface area contributed by atoms with Crippen molar-refractivity contribution < 1.29 is 33.3 Å². The van der Waals surface area contributed by atoms with Crippen LogP contribution in [0.4, 0.5) is 0 Å². The lowest BCUT2D eigenvalue weighted by molar-refractivity contribution is -0.148. The van der Waals surface area contributed by atoms with Crippen LogP contribution in [-0.4, -0.2) is 54.6 Å². The zero-order chi connectivity index (χ0) is 29.8. The van der Waals surface area contributed by atoms with Crippen LogP contribution in [0.1, 0.15) is 23.0 Å². The van der Waals surface area contributed by atoms with E-state index in [1.165, 1.54) is 26.3 Å². The Morgan fingerprint density at radius 1 is 1.10 bits per heavy atom. The monoisotopic (exact) mass is 576 g/mol. The quantitative estimate of drug-likeness (QED) is 0.124. The second-order valence-corrected chi connectivity index (χ2v) is 9.25. The van der Waals surface area contributed by atoms with E-state index in [0.29, 0.717) is 6.42 Å². The highest BCUT2D eigenvalue weighted by Crippen LogP contribution is 2.30. The molecule has 1 aromatic heterocycles. The molecule has 0 saturated carbocycles. The molecule has 3 rings (SSSR count). The third-order valence-corrected chi connectivity index (χ3v) is 6.62. The third kappa shape index (κ3) is 8.46. The number of methoxy groups -OCH3 is 1. The molecule has 2 unspecified atom stereocenters. The Bertz CT molecular complexity index is 1450. The minimum Gasteiger partial charge on any atom is -0.493 e. The fraction of sp³-hybridized carbons (Fsp3) is 0.226. The van der Waals surface area contributed by atoms with Crippen molar-refractivity contribution in [2.45, 2.75) is 24.7 Å². The Balaban J connectivity index is 1.78. The second kappa shape index (κ2) is 15.3. The molecule has 0 bridgehead atoms. The van der Waals surface area contributed by atoms with Gasteiger partial charge in [-0.3, -0.25) is 14.4 Å². The Morgan fingerprint density at radius 3 is 2.56 bits per heavy atom. The SMILES string of the molecule is C=C/C=C(\C=C)C(S)C(Cc1cccc2ccccc12)OC(=O)CNC(=O)c1nccc(OC)c1OCOC(C)=O. The molecule has 2 atom stereocenters. The van der Waals surface area contributed by atoms with Crippen LogP contribution in [0, 0.1) is 0 Å². The molecule has 0 spiro atoms. The molecule has 1 heterocycles. The van der Waals surface area contributed by atoms with Crippen LogP contribution >= 0.6 is 12.6 Å². The summed E-state index contributed by atoms with van der Waals surface area (Å²) in [5, 5.41) is 4.07. The number of fused-ring (bicyclic) bond motifs is 1. The normalized spacial score (nSPS) is 12.5. The summed E-state index contributed by atoms with van der Waals surface area (Å²) in [5.74, 6) is -1.82. The van der Waals surface area contributed by atoms with E-state index in [-0.39, 0.29) is 17.2 Å². The molecule has 0 aliphatic heterocycles. The van der Waals surface area contributed by atoms with Gasteiger partial charge in [-0.1, -0.05) is 73.9 Å². The first-order valence-electron chi connectivity index (χ1n) is 12.7. The van der Waals surface area contributed by atoms with Crippen molar-refractivity contribution in [1.29, 1.82) is 0 Å². The summed E-state index contributed by atoms with van der Waals surface area (Å²) < 4.78 is 21.3. The minimum absolute atomic E-state index is 0.0449. The summed E-state index contributed by atoms with van der Waals surface area (Å²) in [5.41, 5.74) is 1.54. The highest BCUT2D eigenvalue weighted by molar-refractivity contribution is 7.81. The van der Waals surface area contributed by atoms with E-state index in [9.17, 15) is 14.4 Å². The molecule has 0 aliphatic carbocycles. The number of aromatic nitrogens is 1. The molecule has 41 heavy (non-hydrogen) atoms. The number of benzene rings is 2. The van der Waals surface area contributed by atoms with E-state index >= 15 is 0 Å². The zero-order valence-electron chi connectivity index (χ0n) is 22.9. The fourth-order valence-electron chi connectivity index (χ4n) is 4.05. The first-order valence-corrected chi connectivity index (χ1v) is 13.2. The van der Waals surface area contributed by atoms with Crippen LogP contribution in [0.5, 0.6) is 11.5 Å². The van der Waals surface area contributed by atoms with Crippen molar-refractivity contribution in [3.8, 4) is 11.5 Å². The van der Waals surface area contributed by atoms with Gasteiger partial charge in [-0.2, -0.15) is 12.6 Å². The lowest BCUT2D eigenvalue weighted by Gasteiger charge is -2.25. The zero-order valence-corrected chi connectivity index (χ0v) is 23.8. The Hall–Kier alpha value is -4.57. The van der Waals surface area contributed by atoms with Crippen LogP contribution in [0.3, 0.4) is 0 Å². The lowest BCUT2D eigenvalue weighted by Crippen LogP contribution is -2.37. The summed E-state index contributed by atoms with van der Waals surface area (Å²) in [6.45, 7) is 7.89. The molecule has 0 radical (unpaired) electrons.